The predicted octanol–water partition coefficient (Wildman–Crippen LogP) is 2.32. The molecule has 22 heavy (non-hydrogen) atoms. The molecule has 1 aromatic carbocycles. The van der Waals surface area contributed by atoms with Gasteiger partial charge in [0.15, 0.2) is 0 Å². The summed E-state index contributed by atoms with van der Waals surface area (Å²) in [6, 6.07) is 6.19. The molecule has 1 aromatic rings. The van der Waals surface area contributed by atoms with Crippen molar-refractivity contribution >= 4 is 23.5 Å². The first-order valence-electron chi connectivity index (χ1n) is 7.42. The van der Waals surface area contributed by atoms with E-state index < -0.39 is 12.1 Å². The second-order valence-electron chi connectivity index (χ2n) is 5.27. The van der Waals surface area contributed by atoms with Crippen molar-refractivity contribution in [1.29, 1.82) is 0 Å². The quantitative estimate of drug-likeness (QED) is 0.844. The lowest BCUT2D eigenvalue weighted by atomic mass is 10.1. The normalized spacial score (nSPS) is 19.0. The van der Waals surface area contributed by atoms with Gasteiger partial charge in [-0.2, -0.15) is 0 Å². The number of aliphatic hydroxyl groups is 1. The molecule has 0 saturated carbocycles. The van der Waals surface area contributed by atoms with Gasteiger partial charge in [-0.15, -0.1) is 0 Å². The number of esters is 1. The maximum atomic E-state index is 12.3. The van der Waals surface area contributed by atoms with Crippen LogP contribution in [0, 0.1) is 0 Å². The first-order valence-corrected chi connectivity index (χ1v) is 7.80. The van der Waals surface area contributed by atoms with Crippen molar-refractivity contribution in [3.63, 3.8) is 0 Å². The van der Waals surface area contributed by atoms with Gasteiger partial charge in [-0.25, -0.2) is 4.79 Å². The Morgan fingerprint density at radius 2 is 2.09 bits per heavy atom. The van der Waals surface area contributed by atoms with Crippen LogP contribution in [-0.2, 0) is 14.3 Å². The lowest BCUT2D eigenvalue weighted by Crippen LogP contribution is -2.41. The molecule has 0 bridgehead atoms. The maximum Gasteiger partial charge on any atom is 0.328 e. The Hall–Kier alpha value is -1.59. The van der Waals surface area contributed by atoms with Crippen molar-refractivity contribution in [2.24, 2.45) is 0 Å². The summed E-state index contributed by atoms with van der Waals surface area (Å²) in [6.45, 7) is 2.56. The topological polar surface area (TPSA) is 66.8 Å². The highest BCUT2D eigenvalue weighted by molar-refractivity contribution is 6.30. The fourth-order valence-corrected chi connectivity index (χ4v) is 2.76. The standard InChI is InChI=1S/C16H20ClNO4/c1-2-22-16(21)13-4-3-9-18(13)15(20)10-14(19)11-5-7-12(17)8-6-11/h5-8,13-14,19H,2-4,9-10H2,1H3/t13-,14-/m1/s1. The highest BCUT2D eigenvalue weighted by Crippen LogP contribution is 2.24. The number of halogens is 1. The number of hydrogen-bond donors (Lipinski definition) is 1. The average Bonchev–Trinajstić information content (AvgIpc) is 2.97. The first kappa shape index (κ1) is 16.8. The molecule has 120 valence electrons. The van der Waals surface area contributed by atoms with Gasteiger partial charge in [0.1, 0.15) is 6.04 Å². The summed E-state index contributed by atoms with van der Waals surface area (Å²) < 4.78 is 5.00. The van der Waals surface area contributed by atoms with E-state index in [1.165, 1.54) is 4.90 Å². The summed E-state index contributed by atoms with van der Waals surface area (Å²) >= 11 is 5.80. The number of rotatable bonds is 5. The Labute approximate surface area is 134 Å². The molecule has 1 aliphatic heterocycles. The number of amides is 1. The van der Waals surface area contributed by atoms with Crippen LogP contribution in [0.4, 0.5) is 0 Å². The summed E-state index contributed by atoms with van der Waals surface area (Å²) in [5, 5.41) is 10.7. The molecule has 6 heteroatoms. The molecule has 1 N–H and O–H groups in total. The number of carbonyl (C=O) groups excluding carboxylic acids is 2. The molecule has 0 spiro atoms. The second kappa shape index (κ2) is 7.61. The fourth-order valence-electron chi connectivity index (χ4n) is 2.63. The molecule has 0 radical (unpaired) electrons. The van der Waals surface area contributed by atoms with Crippen LogP contribution in [0.15, 0.2) is 24.3 Å². The van der Waals surface area contributed by atoms with Gasteiger partial charge in [-0.3, -0.25) is 4.79 Å². The minimum atomic E-state index is -0.909. The average molecular weight is 326 g/mol. The Kier molecular flexibility index (Phi) is 5.80. The number of ether oxygens (including phenoxy) is 1. The molecule has 1 amide bonds. The highest BCUT2D eigenvalue weighted by atomic mass is 35.5. The van der Waals surface area contributed by atoms with E-state index in [0.29, 0.717) is 30.2 Å². The third kappa shape index (κ3) is 3.99. The van der Waals surface area contributed by atoms with Crippen molar-refractivity contribution < 1.29 is 19.4 Å². The Morgan fingerprint density at radius 3 is 2.73 bits per heavy atom. The fraction of sp³-hybridized carbons (Fsp3) is 0.500. The number of aliphatic hydroxyl groups excluding tert-OH is 1. The van der Waals surface area contributed by atoms with E-state index in [1.54, 1.807) is 31.2 Å². The first-order chi connectivity index (χ1) is 10.5. The van der Waals surface area contributed by atoms with Crippen LogP contribution in [0.3, 0.4) is 0 Å². The molecule has 1 heterocycles. The van der Waals surface area contributed by atoms with E-state index in [9.17, 15) is 14.7 Å². The molecule has 2 atom stereocenters. The Bertz CT molecular complexity index is 531. The number of hydrogen-bond acceptors (Lipinski definition) is 4. The number of nitrogens with zero attached hydrogens (tertiary/aromatic N) is 1. The number of likely N-dealkylation sites (tertiary alicyclic amines) is 1. The van der Waals surface area contributed by atoms with E-state index in [-0.39, 0.29) is 18.3 Å². The van der Waals surface area contributed by atoms with Gasteiger partial charge in [0.2, 0.25) is 5.91 Å². The van der Waals surface area contributed by atoms with E-state index in [4.69, 9.17) is 16.3 Å². The zero-order valence-electron chi connectivity index (χ0n) is 12.5. The maximum absolute atomic E-state index is 12.3. The lowest BCUT2D eigenvalue weighted by Gasteiger charge is -2.24. The molecule has 1 aliphatic rings. The van der Waals surface area contributed by atoms with Crippen molar-refractivity contribution in [3.8, 4) is 0 Å². The molecule has 5 nitrogen and oxygen atoms in total. The molecule has 2 rings (SSSR count). The largest absolute Gasteiger partial charge is 0.464 e. The zero-order chi connectivity index (χ0) is 16.1. The summed E-state index contributed by atoms with van der Waals surface area (Å²) in [5.41, 5.74) is 0.629. The van der Waals surface area contributed by atoms with Crippen molar-refractivity contribution in [3.05, 3.63) is 34.9 Å². The molecule has 1 fully saturated rings. The predicted molar refractivity (Wildman–Crippen MR) is 82.4 cm³/mol. The van der Waals surface area contributed by atoms with E-state index in [2.05, 4.69) is 0 Å². The SMILES string of the molecule is CCOC(=O)[C@H]1CCCN1C(=O)C[C@@H](O)c1ccc(Cl)cc1. The van der Waals surface area contributed by atoms with Gasteiger partial charge in [0, 0.05) is 11.6 Å². The molecule has 0 unspecified atom stereocenters. The Balaban J connectivity index is 1.98. The summed E-state index contributed by atoms with van der Waals surface area (Å²) in [5.74, 6) is -0.604. The van der Waals surface area contributed by atoms with Crippen molar-refractivity contribution in [2.75, 3.05) is 13.2 Å². The minimum absolute atomic E-state index is 0.0580. The van der Waals surface area contributed by atoms with Crippen LogP contribution in [0.2, 0.25) is 5.02 Å². The van der Waals surface area contributed by atoms with Gasteiger partial charge in [-0.1, -0.05) is 23.7 Å². The smallest absolute Gasteiger partial charge is 0.328 e. The van der Waals surface area contributed by atoms with Gasteiger partial charge >= 0.3 is 5.97 Å². The van der Waals surface area contributed by atoms with Crippen LogP contribution in [-0.4, -0.2) is 41.1 Å². The van der Waals surface area contributed by atoms with Gasteiger partial charge in [0.25, 0.3) is 0 Å². The van der Waals surface area contributed by atoms with Crippen LogP contribution < -0.4 is 0 Å². The number of carbonyl (C=O) groups is 2. The van der Waals surface area contributed by atoms with E-state index >= 15 is 0 Å². The lowest BCUT2D eigenvalue weighted by molar-refractivity contribution is -0.153. The molecule has 0 aliphatic carbocycles. The van der Waals surface area contributed by atoms with Crippen molar-refractivity contribution in [1.82, 2.24) is 4.90 Å². The molecular weight excluding hydrogens is 306 g/mol. The van der Waals surface area contributed by atoms with Gasteiger partial charge in [0.05, 0.1) is 19.1 Å². The molecular formula is C16H20ClNO4. The second-order valence-corrected chi connectivity index (χ2v) is 5.71. The van der Waals surface area contributed by atoms with E-state index in [1.807, 2.05) is 0 Å². The number of benzene rings is 1. The van der Waals surface area contributed by atoms with Crippen LogP contribution >= 0.6 is 11.6 Å². The third-order valence-electron chi connectivity index (χ3n) is 3.75. The van der Waals surface area contributed by atoms with Crippen LogP contribution in [0.5, 0.6) is 0 Å². The van der Waals surface area contributed by atoms with E-state index in [0.717, 1.165) is 6.42 Å². The molecule has 0 aromatic heterocycles. The summed E-state index contributed by atoms with van der Waals surface area (Å²) in [4.78, 5) is 25.7. The third-order valence-corrected chi connectivity index (χ3v) is 4.01. The minimum Gasteiger partial charge on any atom is -0.464 e. The summed E-state index contributed by atoms with van der Waals surface area (Å²) in [6.07, 6.45) is 0.416. The zero-order valence-corrected chi connectivity index (χ0v) is 13.3. The highest BCUT2D eigenvalue weighted by Gasteiger charge is 2.35. The Morgan fingerprint density at radius 1 is 1.41 bits per heavy atom. The monoisotopic (exact) mass is 325 g/mol. The van der Waals surface area contributed by atoms with Crippen molar-refractivity contribution in [2.45, 2.75) is 38.3 Å². The van der Waals surface area contributed by atoms with Crippen LogP contribution in [0.1, 0.15) is 37.9 Å². The van der Waals surface area contributed by atoms with Gasteiger partial charge < -0.3 is 14.7 Å². The van der Waals surface area contributed by atoms with Crippen LogP contribution in [0.25, 0.3) is 0 Å². The van der Waals surface area contributed by atoms with Gasteiger partial charge in [-0.05, 0) is 37.5 Å². The molecule has 1 saturated heterocycles. The summed E-state index contributed by atoms with van der Waals surface area (Å²) in [7, 11) is 0.